The standard InChI is InChI=1S/C34H30N8O6S2/c1-5-16(3)24-28(44)35-17(4)27(43)36-19(6-2)30-37-20(12-46-30)31-38-21(13-47-31)33-40-23(15-50-33)34-39-22(14-49-34)32-42-25(29(45)41-24)26(48-32)18-10-8-7-9-11-18/h6-17,24H,5H2,1-4H3,(H,35,44)(H,36,43)(H,41,45)/b19-6-/t16-,17-,24-/m0/s1. The van der Waals surface area contributed by atoms with Crippen molar-refractivity contribution in [2.24, 2.45) is 5.92 Å². The SMILES string of the molecule is C/C=C1\NC(=O)[C@H](C)NC(=O)[C@H]([C@@H](C)CC)NC(=O)c2nc(oc2-c2ccccc2)-c2csc(n2)-c2csc(n2)-c2coc(n2)-c2coc1n2. The molecule has 0 aliphatic carbocycles. The number of carbonyl (C=O) groups excluding carboxylic acids is 3. The number of nitrogens with one attached hydrogen (secondary N) is 3. The van der Waals surface area contributed by atoms with E-state index in [0.29, 0.717) is 44.8 Å². The van der Waals surface area contributed by atoms with Gasteiger partial charge in [0.1, 0.15) is 51.7 Å². The third kappa shape index (κ3) is 6.37. The average Bonchev–Trinajstić information content (AvgIpc) is 3.97. The molecular weight excluding hydrogens is 681 g/mol. The van der Waals surface area contributed by atoms with Crippen molar-refractivity contribution in [1.82, 2.24) is 40.9 Å². The number of fused-ring (bicyclic) bond motifs is 14. The third-order valence-electron chi connectivity index (χ3n) is 8.08. The summed E-state index contributed by atoms with van der Waals surface area (Å²) >= 11 is 2.71. The first-order valence-electron chi connectivity index (χ1n) is 15.7. The Morgan fingerprint density at radius 1 is 0.820 bits per heavy atom. The van der Waals surface area contributed by atoms with Crippen molar-refractivity contribution in [3.8, 4) is 55.9 Å². The molecule has 6 aromatic rings. The summed E-state index contributed by atoms with van der Waals surface area (Å²) in [5.41, 5.74) is 2.70. The van der Waals surface area contributed by atoms with Gasteiger partial charge >= 0.3 is 0 Å². The van der Waals surface area contributed by atoms with E-state index in [0.717, 1.165) is 0 Å². The van der Waals surface area contributed by atoms with Gasteiger partial charge < -0.3 is 29.2 Å². The molecule has 50 heavy (non-hydrogen) atoms. The lowest BCUT2D eigenvalue weighted by atomic mass is 9.97. The first-order chi connectivity index (χ1) is 24.2. The number of oxazole rings is 3. The highest BCUT2D eigenvalue weighted by Crippen LogP contribution is 2.35. The predicted molar refractivity (Wildman–Crippen MR) is 185 cm³/mol. The van der Waals surface area contributed by atoms with Crippen molar-refractivity contribution in [3.05, 3.63) is 71.3 Å². The van der Waals surface area contributed by atoms with Gasteiger partial charge in [0.2, 0.25) is 29.5 Å². The van der Waals surface area contributed by atoms with Crippen LogP contribution in [-0.2, 0) is 9.59 Å². The lowest BCUT2D eigenvalue weighted by molar-refractivity contribution is -0.129. The highest BCUT2D eigenvalue weighted by atomic mass is 32.1. The Morgan fingerprint density at radius 3 is 2.26 bits per heavy atom. The maximum Gasteiger partial charge on any atom is 0.274 e. The summed E-state index contributed by atoms with van der Waals surface area (Å²) < 4.78 is 17.5. The van der Waals surface area contributed by atoms with Crippen molar-refractivity contribution in [2.45, 2.75) is 46.2 Å². The first kappa shape index (κ1) is 32.8. The Bertz CT molecular complexity index is 2230. The maximum absolute atomic E-state index is 13.9. The van der Waals surface area contributed by atoms with E-state index < -0.39 is 29.8 Å². The second-order valence-electron chi connectivity index (χ2n) is 11.5. The number of nitrogens with zero attached hydrogens (tertiary/aromatic N) is 5. The van der Waals surface area contributed by atoms with Crippen molar-refractivity contribution < 1.29 is 27.6 Å². The summed E-state index contributed by atoms with van der Waals surface area (Å²) in [6, 6.07) is 7.10. The Morgan fingerprint density at radius 2 is 1.50 bits per heavy atom. The minimum absolute atomic E-state index is 0.0112. The summed E-state index contributed by atoms with van der Waals surface area (Å²) in [6.45, 7) is 6.99. The van der Waals surface area contributed by atoms with Crippen LogP contribution in [0.4, 0.5) is 0 Å². The molecule has 16 heteroatoms. The summed E-state index contributed by atoms with van der Waals surface area (Å²) in [5.74, 6) is -1.31. The molecule has 0 unspecified atom stereocenters. The smallest absolute Gasteiger partial charge is 0.274 e. The van der Waals surface area contributed by atoms with Gasteiger partial charge in [-0.25, -0.2) is 24.9 Å². The van der Waals surface area contributed by atoms with E-state index >= 15 is 0 Å². The highest BCUT2D eigenvalue weighted by molar-refractivity contribution is 7.15. The van der Waals surface area contributed by atoms with Crippen molar-refractivity contribution in [3.63, 3.8) is 0 Å². The Kier molecular flexibility index (Phi) is 8.95. The lowest BCUT2D eigenvalue weighted by Crippen LogP contribution is -2.54. The fourth-order valence-electron chi connectivity index (χ4n) is 5.10. The molecule has 3 atom stereocenters. The maximum atomic E-state index is 13.9. The molecule has 0 radical (unpaired) electrons. The van der Waals surface area contributed by atoms with E-state index in [-0.39, 0.29) is 40.7 Å². The van der Waals surface area contributed by atoms with Gasteiger partial charge in [-0.2, -0.15) is 0 Å². The average molecular weight is 711 g/mol. The van der Waals surface area contributed by atoms with Crippen LogP contribution in [-0.4, -0.2) is 54.7 Å². The summed E-state index contributed by atoms with van der Waals surface area (Å²) in [4.78, 5) is 63.9. The minimum Gasteiger partial charge on any atom is -0.443 e. The molecule has 3 amide bonds. The quantitative estimate of drug-likeness (QED) is 0.194. The van der Waals surface area contributed by atoms with Gasteiger partial charge in [-0.05, 0) is 19.8 Å². The van der Waals surface area contributed by atoms with Crippen LogP contribution in [0.25, 0.3) is 61.6 Å². The molecule has 1 aromatic carbocycles. The number of hydrogen-bond acceptors (Lipinski definition) is 13. The van der Waals surface area contributed by atoms with Gasteiger partial charge in [-0.1, -0.05) is 56.7 Å². The number of allylic oxidation sites excluding steroid dienone is 1. The molecule has 1 aliphatic rings. The zero-order chi connectivity index (χ0) is 34.9. The van der Waals surface area contributed by atoms with E-state index in [1.165, 1.54) is 35.2 Å². The van der Waals surface area contributed by atoms with Crippen molar-refractivity contribution >= 4 is 46.1 Å². The van der Waals surface area contributed by atoms with Crippen LogP contribution >= 0.6 is 22.7 Å². The van der Waals surface area contributed by atoms with Crippen LogP contribution in [0.2, 0.25) is 0 Å². The molecule has 14 nitrogen and oxygen atoms in total. The van der Waals surface area contributed by atoms with Crippen LogP contribution in [0, 0.1) is 5.92 Å². The number of thiazole rings is 2. The van der Waals surface area contributed by atoms with Gasteiger partial charge in [-0.15, -0.1) is 22.7 Å². The molecule has 10 bridgehead atoms. The minimum atomic E-state index is -0.997. The normalized spacial score (nSPS) is 18.2. The number of benzene rings is 1. The lowest BCUT2D eigenvalue weighted by Gasteiger charge is -2.25. The van der Waals surface area contributed by atoms with Crippen LogP contribution in [0.1, 0.15) is 50.5 Å². The number of carbonyl (C=O) groups is 3. The molecule has 0 saturated carbocycles. The molecule has 5 aromatic heterocycles. The van der Waals surface area contributed by atoms with Gasteiger partial charge in [0.15, 0.2) is 17.1 Å². The number of aromatic nitrogens is 5. The second kappa shape index (κ2) is 13.6. The van der Waals surface area contributed by atoms with E-state index in [2.05, 4.69) is 30.9 Å². The van der Waals surface area contributed by atoms with E-state index in [1.807, 2.05) is 37.4 Å². The zero-order valence-corrected chi connectivity index (χ0v) is 28.8. The molecule has 6 heterocycles. The van der Waals surface area contributed by atoms with E-state index in [4.69, 9.17) is 23.2 Å². The largest absolute Gasteiger partial charge is 0.443 e. The summed E-state index contributed by atoms with van der Waals surface area (Å²) in [5, 5.41) is 13.2. The van der Waals surface area contributed by atoms with Gasteiger partial charge in [-0.3, -0.25) is 14.4 Å². The fourth-order valence-corrected chi connectivity index (χ4v) is 6.68. The van der Waals surface area contributed by atoms with E-state index in [1.54, 1.807) is 37.4 Å². The summed E-state index contributed by atoms with van der Waals surface area (Å²) in [7, 11) is 0. The monoisotopic (exact) mass is 710 g/mol. The van der Waals surface area contributed by atoms with Crippen molar-refractivity contribution in [2.75, 3.05) is 0 Å². The van der Waals surface area contributed by atoms with Gasteiger partial charge in [0, 0.05) is 16.3 Å². The van der Waals surface area contributed by atoms with Crippen LogP contribution in [0.5, 0.6) is 0 Å². The molecule has 3 N–H and O–H groups in total. The second-order valence-corrected chi connectivity index (χ2v) is 13.2. The topological polar surface area (TPSA) is 191 Å². The Labute approximate surface area is 293 Å². The van der Waals surface area contributed by atoms with Gasteiger partial charge in [0.05, 0.1) is 5.70 Å². The Balaban J connectivity index is 1.31. The molecule has 0 spiro atoms. The third-order valence-corrected chi connectivity index (χ3v) is 9.81. The Hall–Kier alpha value is -5.74. The zero-order valence-electron chi connectivity index (χ0n) is 27.2. The molecule has 0 saturated heterocycles. The molecular formula is C34H30N8O6S2. The number of hydrogen-bond donors (Lipinski definition) is 3. The molecule has 7 rings (SSSR count). The number of amides is 3. The molecule has 254 valence electrons. The van der Waals surface area contributed by atoms with Crippen LogP contribution < -0.4 is 16.0 Å². The summed E-state index contributed by atoms with van der Waals surface area (Å²) in [6.07, 6.45) is 5.03. The molecule has 1 aliphatic heterocycles. The van der Waals surface area contributed by atoms with Crippen LogP contribution in [0.15, 0.2) is 72.9 Å². The fraction of sp³-hybridized carbons (Fsp3) is 0.235. The van der Waals surface area contributed by atoms with Crippen LogP contribution in [0.3, 0.4) is 0 Å². The first-order valence-corrected chi connectivity index (χ1v) is 17.5. The number of rotatable bonds is 3. The van der Waals surface area contributed by atoms with Gasteiger partial charge in [0.25, 0.3) is 5.91 Å². The predicted octanol–water partition coefficient (Wildman–Crippen LogP) is 6.04. The van der Waals surface area contributed by atoms with Crippen molar-refractivity contribution in [1.29, 1.82) is 0 Å². The molecule has 0 fully saturated rings. The highest BCUT2D eigenvalue weighted by Gasteiger charge is 2.32. The van der Waals surface area contributed by atoms with E-state index in [9.17, 15) is 14.4 Å².